The summed E-state index contributed by atoms with van der Waals surface area (Å²) in [5.41, 5.74) is 0.849. The Morgan fingerprint density at radius 1 is 1.25 bits per heavy atom. The summed E-state index contributed by atoms with van der Waals surface area (Å²) in [6.07, 6.45) is 6.06. The third-order valence-electron chi connectivity index (χ3n) is 3.49. The van der Waals surface area contributed by atoms with Gasteiger partial charge in [0.05, 0.1) is 6.10 Å². The molecule has 5 heteroatoms. The van der Waals surface area contributed by atoms with Crippen LogP contribution in [0.25, 0.3) is 0 Å². The Labute approximate surface area is 129 Å². The van der Waals surface area contributed by atoms with Crippen molar-refractivity contribution in [2.24, 2.45) is 0 Å². The molecule has 0 unspecified atom stereocenters. The Hall–Kier alpha value is -0.770. The van der Waals surface area contributed by atoms with Gasteiger partial charge in [-0.15, -0.1) is 0 Å². The van der Waals surface area contributed by atoms with E-state index in [4.69, 9.17) is 27.9 Å². The molecule has 1 amide bonds. The lowest BCUT2D eigenvalue weighted by atomic mass is 9.98. The first-order chi connectivity index (χ1) is 9.65. The summed E-state index contributed by atoms with van der Waals surface area (Å²) in [5.74, 6) is -0.110. The molecule has 0 aromatic heterocycles. The van der Waals surface area contributed by atoms with Gasteiger partial charge in [0.25, 0.3) is 0 Å². The highest BCUT2D eigenvalue weighted by Gasteiger charge is 2.15. The van der Waals surface area contributed by atoms with Crippen molar-refractivity contribution in [3.63, 3.8) is 0 Å². The van der Waals surface area contributed by atoms with Crippen LogP contribution in [0.1, 0.15) is 37.7 Å². The van der Waals surface area contributed by atoms with E-state index in [1.54, 1.807) is 12.1 Å². The second-order valence-corrected chi connectivity index (χ2v) is 5.93. The summed E-state index contributed by atoms with van der Waals surface area (Å²) in [7, 11) is 0. The predicted molar refractivity (Wildman–Crippen MR) is 81.1 cm³/mol. The number of nitrogens with one attached hydrogen (secondary N) is 1. The van der Waals surface area contributed by atoms with Crippen LogP contribution in [0.4, 0.5) is 0 Å². The zero-order chi connectivity index (χ0) is 14.4. The first kappa shape index (κ1) is 15.6. The van der Waals surface area contributed by atoms with Gasteiger partial charge >= 0.3 is 0 Å². The van der Waals surface area contributed by atoms with Gasteiger partial charge in [-0.1, -0.05) is 48.5 Å². The highest BCUT2D eigenvalue weighted by atomic mass is 35.5. The van der Waals surface area contributed by atoms with Gasteiger partial charge in [-0.2, -0.15) is 0 Å². The van der Waals surface area contributed by atoms with E-state index >= 15 is 0 Å². The molecule has 0 heterocycles. The third kappa shape index (κ3) is 4.97. The second-order valence-electron chi connectivity index (χ2n) is 5.08. The smallest absolute Gasteiger partial charge is 0.246 e. The van der Waals surface area contributed by atoms with Crippen LogP contribution in [-0.4, -0.2) is 18.6 Å². The Bertz CT molecular complexity index is 459. The van der Waals surface area contributed by atoms with E-state index in [2.05, 4.69) is 5.32 Å². The SMILES string of the molecule is O=C(COC1CCCCC1)NCc1ccc(Cl)cc1Cl. The Morgan fingerprint density at radius 2 is 2.00 bits per heavy atom. The van der Waals surface area contributed by atoms with Crippen LogP contribution in [0.15, 0.2) is 18.2 Å². The topological polar surface area (TPSA) is 38.3 Å². The van der Waals surface area contributed by atoms with E-state index in [0.29, 0.717) is 16.6 Å². The van der Waals surface area contributed by atoms with Crippen molar-refractivity contribution in [3.8, 4) is 0 Å². The van der Waals surface area contributed by atoms with Gasteiger partial charge in [-0.05, 0) is 30.5 Å². The second kappa shape index (κ2) is 7.87. The fraction of sp³-hybridized carbons (Fsp3) is 0.533. The maximum atomic E-state index is 11.7. The maximum absolute atomic E-state index is 11.7. The van der Waals surface area contributed by atoms with Crippen molar-refractivity contribution in [3.05, 3.63) is 33.8 Å². The Balaban J connectivity index is 1.71. The van der Waals surface area contributed by atoms with Crippen molar-refractivity contribution < 1.29 is 9.53 Å². The molecule has 1 aromatic rings. The van der Waals surface area contributed by atoms with Crippen LogP contribution in [0.3, 0.4) is 0 Å². The van der Waals surface area contributed by atoms with Gasteiger partial charge in [0.15, 0.2) is 0 Å². The van der Waals surface area contributed by atoms with E-state index in [1.807, 2.05) is 6.07 Å². The zero-order valence-corrected chi connectivity index (χ0v) is 12.8. The molecule has 0 bridgehead atoms. The summed E-state index contributed by atoms with van der Waals surface area (Å²) in [5, 5.41) is 3.96. The summed E-state index contributed by atoms with van der Waals surface area (Å²) >= 11 is 11.9. The van der Waals surface area contributed by atoms with Crippen molar-refractivity contribution in [1.82, 2.24) is 5.32 Å². The first-order valence-corrected chi connectivity index (χ1v) is 7.73. The van der Waals surface area contributed by atoms with E-state index in [0.717, 1.165) is 18.4 Å². The van der Waals surface area contributed by atoms with Gasteiger partial charge < -0.3 is 10.1 Å². The number of hydrogen-bond acceptors (Lipinski definition) is 2. The van der Waals surface area contributed by atoms with Crippen molar-refractivity contribution >= 4 is 29.1 Å². The zero-order valence-electron chi connectivity index (χ0n) is 11.3. The molecule has 1 N–H and O–H groups in total. The molecule has 110 valence electrons. The van der Waals surface area contributed by atoms with Crippen LogP contribution >= 0.6 is 23.2 Å². The number of rotatable bonds is 5. The largest absolute Gasteiger partial charge is 0.368 e. The molecule has 2 rings (SSSR count). The van der Waals surface area contributed by atoms with Crippen LogP contribution in [0.5, 0.6) is 0 Å². The van der Waals surface area contributed by atoms with E-state index in [-0.39, 0.29) is 18.6 Å². The summed E-state index contributed by atoms with van der Waals surface area (Å²) in [6, 6.07) is 5.24. The molecule has 0 saturated heterocycles. The summed E-state index contributed by atoms with van der Waals surface area (Å²) in [6.45, 7) is 0.513. The number of benzene rings is 1. The average molecular weight is 316 g/mol. The van der Waals surface area contributed by atoms with E-state index < -0.39 is 0 Å². The van der Waals surface area contributed by atoms with Crippen LogP contribution in [-0.2, 0) is 16.1 Å². The van der Waals surface area contributed by atoms with Gasteiger partial charge in [0.2, 0.25) is 5.91 Å². The number of amides is 1. The molecular formula is C15H19Cl2NO2. The van der Waals surface area contributed by atoms with Crippen molar-refractivity contribution in [2.75, 3.05) is 6.61 Å². The number of halogens is 2. The molecule has 1 fully saturated rings. The monoisotopic (exact) mass is 315 g/mol. The summed E-state index contributed by atoms with van der Waals surface area (Å²) in [4.78, 5) is 11.7. The molecule has 0 spiro atoms. The molecule has 0 atom stereocenters. The number of hydrogen-bond donors (Lipinski definition) is 1. The minimum Gasteiger partial charge on any atom is -0.368 e. The van der Waals surface area contributed by atoms with Gasteiger partial charge in [-0.3, -0.25) is 4.79 Å². The molecule has 20 heavy (non-hydrogen) atoms. The van der Waals surface area contributed by atoms with Crippen molar-refractivity contribution in [1.29, 1.82) is 0 Å². The number of carbonyl (C=O) groups is 1. The van der Waals surface area contributed by atoms with Gasteiger partial charge in [-0.25, -0.2) is 0 Å². The van der Waals surface area contributed by atoms with E-state index in [9.17, 15) is 4.79 Å². The highest BCUT2D eigenvalue weighted by molar-refractivity contribution is 6.35. The van der Waals surface area contributed by atoms with Crippen LogP contribution in [0.2, 0.25) is 10.0 Å². The lowest BCUT2D eigenvalue weighted by Gasteiger charge is -2.21. The van der Waals surface area contributed by atoms with Gasteiger partial charge in [0, 0.05) is 16.6 Å². The fourth-order valence-corrected chi connectivity index (χ4v) is 2.81. The highest BCUT2D eigenvalue weighted by Crippen LogP contribution is 2.21. The molecule has 0 radical (unpaired) electrons. The van der Waals surface area contributed by atoms with Gasteiger partial charge in [0.1, 0.15) is 6.61 Å². The predicted octanol–water partition coefficient (Wildman–Crippen LogP) is 3.96. The lowest BCUT2D eigenvalue weighted by Crippen LogP contribution is -2.30. The molecular weight excluding hydrogens is 297 g/mol. The Morgan fingerprint density at radius 3 is 2.70 bits per heavy atom. The summed E-state index contributed by atoms with van der Waals surface area (Å²) < 4.78 is 5.62. The number of carbonyl (C=O) groups excluding carboxylic acids is 1. The minimum absolute atomic E-state index is 0.110. The van der Waals surface area contributed by atoms with Crippen molar-refractivity contribution in [2.45, 2.75) is 44.8 Å². The molecule has 1 aromatic carbocycles. The van der Waals surface area contributed by atoms with Crippen LogP contribution in [0, 0.1) is 0 Å². The molecule has 1 aliphatic rings. The maximum Gasteiger partial charge on any atom is 0.246 e. The lowest BCUT2D eigenvalue weighted by molar-refractivity contribution is -0.128. The van der Waals surface area contributed by atoms with E-state index in [1.165, 1.54) is 19.3 Å². The third-order valence-corrected chi connectivity index (χ3v) is 4.08. The molecule has 0 aliphatic heterocycles. The normalized spacial score (nSPS) is 16.1. The van der Waals surface area contributed by atoms with Crippen LogP contribution < -0.4 is 5.32 Å². The first-order valence-electron chi connectivity index (χ1n) is 6.97. The fourth-order valence-electron chi connectivity index (χ4n) is 2.34. The minimum atomic E-state index is -0.110. The Kier molecular flexibility index (Phi) is 6.14. The standard InChI is InChI=1S/C15H19Cl2NO2/c16-12-7-6-11(14(17)8-12)9-18-15(19)10-20-13-4-2-1-3-5-13/h6-8,13H,1-5,9-10H2,(H,18,19). The molecule has 3 nitrogen and oxygen atoms in total. The molecule has 1 saturated carbocycles. The average Bonchev–Trinajstić information content (AvgIpc) is 2.45. The number of ether oxygens (including phenoxy) is 1. The quantitative estimate of drug-likeness (QED) is 0.893. The molecule has 1 aliphatic carbocycles.